The molecule has 18 heavy (non-hydrogen) atoms. The minimum absolute atomic E-state index is 0.370. The van der Waals surface area contributed by atoms with Crippen molar-refractivity contribution in [1.29, 1.82) is 0 Å². The SMILES string of the molecule is Cc1cc(F)cc(NC2(C(=O)O)CCOCC2)c1. The second kappa shape index (κ2) is 4.94. The predicted octanol–water partition coefficient (Wildman–Crippen LogP) is 2.18. The van der Waals surface area contributed by atoms with Gasteiger partial charge in [-0.3, -0.25) is 0 Å². The Bertz CT molecular complexity index is 435. The predicted molar refractivity (Wildman–Crippen MR) is 65.2 cm³/mol. The molecule has 2 N–H and O–H groups in total. The first-order valence-corrected chi connectivity index (χ1v) is 5.88. The summed E-state index contributed by atoms with van der Waals surface area (Å²) in [4.78, 5) is 11.4. The molecule has 0 bridgehead atoms. The smallest absolute Gasteiger partial charge is 0.329 e. The van der Waals surface area contributed by atoms with Gasteiger partial charge < -0.3 is 15.2 Å². The van der Waals surface area contributed by atoms with Gasteiger partial charge in [0.15, 0.2) is 0 Å². The largest absolute Gasteiger partial charge is 0.480 e. The number of nitrogens with one attached hydrogen (secondary N) is 1. The Kier molecular flexibility index (Phi) is 3.52. The van der Waals surface area contributed by atoms with Gasteiger partial charge in [0, 0.05) is 31.7 Å². The molecule has 1 saturated heterocycles. The minimum atomic E-state index is -1.06. The third kappa shape index (κ3) is 2.61. The number of carboxylic acid groups (broad SMARTS) is 1. The van der Waals surface area contributed by atoms with Gasteiger partial charge in [-0.1, -0.05) is 0 Å². The quantitative estimate of drug-likeness (QED) is 0.866. The second-order valence-corrected chi connectivity index (χ2v) is 4.64. The zero-order chi connectivity index (χ0) is 13.2. The van der Waals surface area contributed by atoms with Gasteiger partial charge in [0.1, 0.15) is 11.4 Å². The molecule has 0 spiro atoms. The van der Waals surface area contributed by atoms with Gasteiger partial charge in [-0.25, -0.2) is 9.18 Å². The molecule has 0 amide bonds. The maximum absolute atomic E-state index is 13.3. The molecule has 0 atom stereocenters. The van der Waals surface area contributed by atoms with Crippen LogP contribution in [0.25, 0.3) is 0 Å². The van der Waals surface area contributed by atoms with Crippen LogP contribution in [0.15, 0.2) is 18.2 Å². The number of anilines is 1. The van der Waals surface area contributed by atoms with Gasteiger partial charge in [0.2, 0.25) is 0 Å². The van der Waals surface area contributed by atoms with Crippen LogP contribution in [0.4, 0.5) is 10.1 Å². The van der Waals surface area contributed by atoms with Crippen LogP contribution in [0.2, 0.25) is 0 Å². The molecule has 1 aliphatic rings. The Balaban J connectivity index is 2.25. The summed E-state index contributed by atoms with van der Waals surface area (Å²) in [7, 11) is 0. The van der Waals surface area contributed by atoms with Crippen LogP contribution in [0, 0.1) is 12.7 Å². The fraction of sp³-hybridized carbons (Fsp3) is 0.462. The maximum Gasteiger partial charge on any atom is 0.329 e. The highest BCUT2D eigenvalue weighted by Gasteiger charge is 2.40. The number of hydrogen-bond donors (Lipinski definition) is 2. The number of halogens is 1. The van der Waals surface area contributed by atoms with E-state index in [1.165, 1.54) is 12.1 Å². The molecule has 0 aromatic heterocycles. The van der Waals surface area contributed by atoms with E-state index >= 15 is 0 Å². The zero-order valence-corrected chi connectivity index (χ0v) is 10.2. The summed E-state index contributed by atoms with van der Waals surface area (Å²) in [5, 5.41) is 12.3. The number of ether oxygens (including phenoxy) is 1. The normalized spacial score (nSPS) is 18.3. The number of aliphatic carboxylic acids is 1. The molecule has 1 aliphatic heterocycles. The van der Waals surface area contributed by atoms with E-state index in [9.17, 15) is 14.3 Å². The second-order valence-electron chi connectivity index (χ2n) is 4.64. The molecular weight excluding hydrogens is 237 g/mol. The van der Waals surface area contributed by atoms with Crippen molar-refractivity contribution in [2.75, 3.05) is 18.5 Å². The highest BCUT2D eigenvalue weighted by Crippen LogP contribution is 2.27. The number of hydrogen-bond acceptors (Lipinski definition) is 3. The summed E-state index contributed by atoms with van der Waals surface area (Å²) in [6, 6.07) is 4.46. The number of rotatable bonds is 3. The Morgan fingerprint density at radius 1 is 1.39 bits per heavy atom. The monoisotopic (exact) mass is 253 g/mol. The molecule has 0 radical (unpaired) electrons. The summed E-state index contributed by atoms with van der Waals surface area (Å²) in [5.41, 5.74) is 0.195. The molecule has 1 aromatic rings. The van der Waals surface area contributed by atoms with Crippen LogP contribution in [0.5, 0.6) is 0 Å². The topological polar surface area (TPSA) is 58.6 Å². The molecule has 0 saturated carbocycles. The third-order valence-corrected chi connectivity index (χ3v) is 3.18. The van der Waals surface area contributed by atoms with E-state index in [0.29, 0.717) is 31.7 Å². The minimum Gasteiger partial charge on any atom is -0.480 e. The Morgan fingerprint density at radius 2 is 2.06 bits per heavy atom. The lowest BCUT2D eigenvalue weighted by atomic mass is 9.89. The van der Waals surface area contributed by atoms with Gasteiger partial charge in [-0.15, -0.1) is 0 Å². The van der Waals surface area contributed by atoms with E-state index in [1.54, 1.807) is 13.0 Å². The first-order chi connectivity index (χ1) is 8.52. The molecule has 1 aromatic carbocycles. The standard InChI is InChI=1S/C13H16FNO3/c1-9-6-10(14)8-11(7-9)15-13(12(16)17)2-4-18-5-3-13/h6-8,15H,2-5H2,1H3,(H,16,17). The van der Waals surface area contributed by atoms with E-state index in [2.05, 4.69) is 5.32 Å². The summed E-state index contributed by atoms with van der Waals surface area (Å²) >= 11 is 0. The fourth-order valence-corrected chi connectivity index (χ4v) is 2.20. The molecular formula is C13H16FNO3. The number of benzene rings is 1. The maximum atomic E-state index is 13.3. The van der Waals surface area contributed by atoms with E-state index in [0.717, 1.165) is 5.56 Å². The van der Waals surface area contributed by atoms with Crippen molar-refractivity contribution in [2.24, 2.45) is 0 Å². The summed E-state index contributed by atoms with van der Waals surface area (Å²) in [6.45, 7) is 2.56. The lowest BCUT2D eigenvalue weighted by Gasteiger charge is -2.34. The lowest BCUT2D eigenvalue weighted by molar-refractivity contribution is -0.145. The first kappa shape index (κ1) is 12.8. The third-order valence-electron chi connectivity index (χ3n) is 3.18. The molecule has 0 aliphatic carbocycles. The molecule has 4 nitrogen and oxygen atoms in total. The first-order valence-electron chi connectivity index (χ1n) is 5.88. The van der Waals surface area contributed by atoms with Crippen molar-refractivity contribution in [3.63, 3.8) is 0 Å². The lowest BCUT2D eigenvalue weighted by Crippen LogP contribution is -2.50. The Labute approximate surface area is 105 Å². The van der Waals surface area contributed by atoms with Crippen LogP contribution in [-0.2, 0) is 9.53 Å². The van der Waals surface area contributed by atoms with Gasteiger partial charge >= 0.3 is 5.97 Å². The molecule has 2 rings (SSSR count). The van der Waals surface area contributed by atoms with Crippen LogP contribution in [0.3, 0.4) is 0 Å². The number of aryl methyl sites for hydroxylation is 1. The van der Waals surface area contributed by atoms with Gasteiger partial charge in [0.25, 0.3) is 0 Å². The highest BCUT2D eigenvalue weighted by molar-refractivity contribution is 5.83. The number of carboxylic acids is 1. The Hall–Kier alpha value is -1.62. The van der Waals surface area contributed by atoms with Crippen LogP contribution in [-0.4, -0.2) is 29.8 Å². The Morgan fingerprint density at radius 3 is 2.61 bits per heavy atom. The van der Waals surface area contributed by atoms with Crippen LogP contribution < -0.4 is 5.32 Å². The fourth-order valence-electron chi connectivity index (χ4n) is 2.20. The molecule has 1 heterocycles. The van der Waals surface area contributed by atoms with E-state index in [4.69, 9.17) is 4.74 Å². The average molecular weight is 253 g/mol. The van der Waals surface area contributed by atoms with Crippen LogP contribution >= 0.6 is 0 Å². The zero-order valence-electron chi connectivity index (χ0n) is 10.2. The summed E-state index contributed by atoms with van der Waals surface area (Å²) < 4.78 is 18.5. The van der Waals surface area contributed by atoms with Crippen molar-refractivity contribution >= 4 is 11.7 Å². The molecule has 98 valence electrons. The summed E-state index contributed by atoms with van der Waals surface area (Å²) in [6.07, 6.45) is 0.746. The van der Waals surface area contributed by atoms with Crippen molar-refractivity contribution in [3.8, 4) is 0 Å². The van der Waals surface area contributed by atoms with Crippen molar-refractivity contribution in [3.05, 3.63) is 29.6 Å². The van der Waals surface area contributed by atoms with Crippen molar-refractivity contribution in [2.45, 2.75) is 25.3 Å². The van der Waals surface area contributed by atoms with Crippen LogP contribution in [0.1, 0.15) is 18.4 Å². The average Bonchev–Trinajstić information content (AvgIpc) is 2.28. The van der Waals surface area contributed by atoms with Gasteiger partial charge in [-0.05, 0) is 30.7 Å². The summed E-state index contributed by atoms with van der Waals surface area (Å²) in [5.74, 6) is -1.29. The van der Waals surface area contributed by atoms with Gasteiger partial charge in [-0.2, -0.15) is 0 Å². The van der Waals surface area contributed by atoms with E-state index < -0.39 is 11.5 Å². The molecule has 5 heteroatoms. The van der Waals surface area contributed by atoms with Crippen molar-refractivity contribution in [1.82, 2.24) is 0 Å². The van der Waals surface area contributed by atoms with E-state index in [-0.39, 0.29) is 5.82 Å². The van der Waals surface area contributed by atoms with Crippen molar-refractivity contribution < 1.29 is 19.0 Å². The molecule has 1 fully saturated rings. The highest BCUT2D eigenvalue weighted by atomic mass is 19.1. The van der Waals surface area contributed by atoms with Gasteiger partial charge in [0.05, 0.1) is 0 Å². The van der Waals surface area contributed by atoms with E-state index in [1.807, 2.05) is 0 Å². The molecule has 0 unspecified atom stereocenters. The number of carbonyl (C=O) groups is 1.